The first-order valence-corrected chi connectivity index (χ1v) is 5.89. The third-order valence-corrected chi connectivity index (χ3v) is 2.83. The molecule has 5 nitrogen and oxygen atoms in total. The number of nitrogens with zero attached hydrogens (tertiary/aromatic N) is 2. The van der Waals surface area contributed by atoms with Crippen molar-refractivity contribution in [2.75, 3.05) is 6.61 Å². The highest BCUT2D eigenvalue weighted by molar-refractivity contribution is 6.30. The summed E-state index contributed by atoms with van der Waals surface area (Å²) in [6.07, 6.45) is 0.292. The van der Waals surface area contributed by atoms with Crippen LogP contribution in [0.3, 0.4) is 0 Å². The van der Waals surface area contributed by atoms with Gasteiger partial charge in [0.2, 0.25) is 0 Å². The molecule has 1 aromatic rings. The highest BCUT2D eigenvalue weighted by Gasteiger charge is 2.27. The average Bonchev–Trinajstić information content (AvgIpc) is 2.57. The van der Waals surface area contributed by atoms with Crippen LogP contribution in [0.25, 0.3) is 0 Å². The summed E-state index contributed by atoms with van der Waals surface area (Å²) in [7, 11) is 0. The van der Waals surface area contributed by atoms with Crippen molar-refractivity contribution in [1.82, 2.24) is 0 Å². The zero-order valence-electron chi connectivity index (χ0n) is 10.1. The number of hydrogen-bond donors (Lipinski definition) is 0. The molecule has 1 aliphatic heterocycles. The summed E-state index contributed by atoms with van der Waals surface area (Å²) < 4.78 is 5.43. The van der Waals surface area contributed by atoms with Crippen LogP contribution in [-0.2, 0) is 11.2 Å². The van der Waals surface area contributed by atoms with Crippen LogP contribution in [0.5, 0.6) is 0 Å². The van der Waals surface area contributed by atoms with E-state index in [1.165, 1.54) is 12.1 Å². The number of benzene rings is 1. The Morgan fingerprint density at radius 1 is 1.56 bits per heavy atom. The van der Waals surface area contributed by atoms with Gasteiger partial charge in [-0.15, -0.1) is 0 Å². The standard InChI is InChI=1S/C12H13ClN2O3/c1-12(2)7-18-11(14-12)6-8-5-9(13)3-4-10(8)15(16)17/h3-5H,6-7H2,1-2H3. The highest BCUT2D eigenvalue weighted by atomic mass is 35.5. The third-order valence-electron chi connectivity index (χ3n) is 2.60. The zero-order chi connectivity index (χ0) is 13.3. The fourth-order valence-corrected chi connectivity index (χ4v) is 1.98. The summed E-state index contributed by atoms with van der Waals surface area (Å²) in [6.45, 7) is 4.40. The number of nitro benzene ring substituents is 1. The predicted octanol–water partition coefficient (Wildman–Crippen LogP) is 3.00. The van der Waals surface area contributed by atoms with E-state index >= 15 is 0 Å². The van der Waals surface area contributed by atoms with Crippen molar-refractivity contribution in [2.45, 2.75) is 25.8 Å². The van der Waals surface area contributed by atoms with Gasteiger partial charge in [0.1, 0.15) is 6.61 Å². The third kappa shape index (κ3) is 2.79. The van der Waals surface area contributed by atoms with Crippen molar-refractivity contribution in [3.63, 3.8) is 0 Å². The molecule has 0 saturated heterocycles. The summed E-state index contributed by atoms with van der Waals surface area (Å²) in [6, 6.07) is 4.49. The molecule has 6 heteroatoms. The molecule has 1 heterocycles. The van der Waals surface area contributed by atoms with Gasteiger partial charge in [0.15, 0.2) is 5.90 Å². The molecular weight excluding hydrogens is 256 g/mol. The van der Waals surface area contributed by atoms with E-state index in [9.17, 15) is 10.1 Å². The summed E-state index contributed by atoms with van der Waals surface area (Å²) in [5, 5.41) is 11.4. The molecule has 0 spiro atoms. The topological polar surface area (TPSA) is 64.7 Å². The summed E-state index contributed by atoms with van der Waals surface area (Å²) in [5.74, 6) is 0.519. The molecule has 96 valence electrons. The van der Waals surface area contributed by atoms with Crippen LogP contribution in [0.15, 0.2) is 23.2 Å². The molecule has 0 radical (unpaired) electrons. The van der Waals surface area contributed by atoms with Gasteiger partial charge in [-0.05, 0) is 26.0 Å². The van der Waals surface area contributed by atoms with Crippen LogP contribution in [0.2, 0.25) is 5.02 Å². The van der Waals surface area contributed by atoms with Crippen molar-refractivity contribution in [3.05, 3.63) is 38.9 Å². The van der Waals surface area contributed by atoms with Gasteiger partial charge in [0.25, 0.3) is 5.69 Å². The van der Waals surface area contributed by atoms with E-state index in [0.717, 1.165) is 0 Å². The Morgan fingerprint density at radius 2 is 2.28 bits per heavy atom. The Morgan fingerprint density at radius 3 is 2.83 bits per heavy atom. The van der Waals surface area contributed by atoms with E-state index in [1.807, 2.05) is 13.8 Å². The molecule has 0 bridgehead atoms. The number of nitro groups is 1. The Hall–Kier alpha value is -1.62. The van der Waals surface area contributed by atoms with E-state index in [0.29, 0.717) is 29.5 Å². The van der Waals surface area contributed by atoms with Gasteiger partial charge in [-0.25, -0.2) is 4.99 Å². The molecule has 0 atom stereocenters. The van der Waals surface area contributed by atoms with E-state index in [4.69, 9.17) is 16.3 Å². The molecule has 0 aromatic heterocycles. The van der Waals surface area contributed by atoms with E-state index in [1.54, 1.807) is 6.07 Å². The number of rotatable bonds is 3. The maximum Gasteiger partial charge on any atom is 0.273 e. The summed E-state index contributed by atoms with van der Waals surface area (Å²) >= 11 is 5.86. The molecule has 0 saturated carbocycles. The van der Waals surface area contributed by atoms with Gasteiger partial charge in [-0.2, -0.15) is 0 Å². The van der Waals surface area contributed by atoms with Crippen LogP contribution in [0.1, 0.15) is 19.4 Å². The zero-order valence-corrected chi connectivity index (χ0v) is 10.9. The minimum absolute atomic E-state index is 0.0374. The molecule has 0 fully saturated rings. The Bertz CT molecular complexity index is 526. The first-order chi connectivity index (χ1) is 8.37. The fraction of sp³-hybridized carbons (Fsp3) is 0.417. The Kier molecular flexibility index (Phi) is 3.26. The van der Waals surface area contributed by atoms with Gasteiger partial charge < -0.3 is 4.74 Å². The second-order valence-electron chi connectivity index (χ2n) is 4.81. The minimum atomic E-state index is -0.424. The van der Waals surface area contributed by atoms with E-state index < -0.39 is 4.92 Å². The number of hydrogen-bond acceptors (Lipinski definition) is 4. The second kappa shape index (κ2) is 4.57. The van der Waals surface area contributed by atoms with Crippen LogP contribution >= 0.6 is 11.6 Å². The number of aliphatic imine (C=N–C) groups is 1. The molecule has 0 aliphatic carbocycles. The van der Waals surface area contributed by atoms with Gasteiger partial charge in [0, 0.05) is 16.7 Å². The first kappa shape index (κ1) is 12.8. The largest absolute Gasteiger partial charge is 0.478 e. The Balaban J connectivity index is 2.29. The summed E-state index contributed by atoms with van der Waals surface area (Å²) in [5.41, 5.74) is 0.294. The van der Waals surface area contributed by atoms with Crippen molar-refractivity contribution < 1.29 is 9.66 Å². The molecule has 18 heavy (non-hydrogen) atoms. The lowest BCUT2D eigenvalue weighted by Crippen LogP contribution is -2.17. The van der Waals surface area contributed by atoms with Crippen LogP contribution in [-0.4, -0.2) is 23.0 Å². The van der Waals surface area contributed by atoms with Crippen LogP contribution in [0.4, 0.5) is 5.69 Å². The lowest BCUT2D eigenvalue weighted by molar-refractivity contribution is -0.385. The molecule has 0 N–H and O–H groups in total. The minimum Gasteiger partial charge on any atom is -0.478 e. The smallest absolute Gasteiger partial charge is 0.273 e. The lowest BCUT2D eigenvalue weighted by Gasteiger charge is -2.07. The SMILES string of the molecule is CC1(C)COC(Cc2cc(Cl)ccc2[N+](=O)[O-])=N1. The monoisotopic (exact) mass is 268 g/mol. The van der Waals surface area contributed by atoms with Crippen molar-refractivity contribution >= 4 is 23.2 Å². The van der Waals surface area contributed by atoms with Crippen molar-refractivity contribution in [2.24, 2.45) is 4.99 Å². The second-order valence-corrected chi connectivity index (χ2v) is 5.25. The van der Waals surface area contributed by atoms with Gasteiger partial charge >= 0.3 is 0 Å². The summed E-state index contributed by atoms with van der Waals surface area (Å²) in [4.78, 5) is 14.9. The van der Waals surface area contributed by atoms with Crippen molar-refractivity contribution in [1.29, 1.82) is 0 Å². The lowest BCUT2D eigenvalue weighted by atomic mass is 10.1. The molecule has 2 rings (SSSR count). The van der Waals surface area contributed by atoms with E-state index in [2.05, 4.69) is 4.99 Å². The van der Waals surface area contributed by atoms with Gasteiger partial charge in [-0.1, -0.05) is 11.6 Å². The molecule has 1 aromatic carbocycles. The fourth-order valence-electron chi connectivity index (χ4n) is 1.79. The van der Waals surface area contributed by atoms with E-state index in [-0.39, 0.29) is 11.2 Å². The first-order valence-electron chi connectivity index (χ1n) is 5.52. The number of ether oxygens (including phenoxy) is 1. The van der Waals surface area contributed by atoms with Crippen LogP contribution < -0.4 is 0 Å². The molecule has 0 unspecified atom stereocenters. The maximum absolute atomic E-state index is 10.9. The van der Waals surface area contributed by atoms with Crippen molar-refractivity contribution in [3.8, 4) is 0 Å². The van der Waals surface area contributed by atoms with Gasteiger partial charge in [-0.3, -0.25) is 10.1 Å². The maximum atomic E-state index is 10.9. The highest BCUT2D eigenvalue weighted by Crippen LogP contribution is 2.26. The average molecular weight is 269 g/mol. The quantitative estimate of drug-likeness (QED) is 0.625. The molecule has 0 amide bonds. The number of halogens is 1. The predicted molar refractivity (Wildman–Crippen MR) is 69.3 cm³/mol. The normalized spacial score (nSPS) is 17.2. The van der Waals surface area contributed by atoms with Crippen LogP contribution in [0, 0.1) is 10.1 Å². The Labute approximate surface area is 110 Å². The molecule has 1 aliphatic rings. The van der Waals surface area contributed by atoms with Gasteiger partial charge in [0.05, 0.1) is 16.9 Å². The molecular formula is C12H13ClN2O3.